The molecular formula is C11H16F2N2O3S2. The molecule has 1 aromatic rings. The third kappa shape index (κ3) is 4.22. The number of nitrogens with two attached hydrogens (primary N) is 1. The summed E-state index contributed by atoms with van der Waals surface area (Å²) in [6.07, 6.45) is 1.79. The predicted molar refractivity (Wildman–Crippen MR) is 74.1 cm³/mol. The van der Waals surface area contributed by atoms with Gasteiger partial charge in [0, 0.05) is 34.5 Å². The van der Waals surface area contributed by atoms with Gasteiger partial charge in [-0.25, -0.2) is 21.9 Å². The first kappa shape index (κ1) is 17.0. The Morgan fingerprint density at radius 3 is 2.30 bits per heavy atom. The number of rotatable bonds is 6. The number of hydrogen-bond acceptors (Lipinski definition) is 4. The lowest BCUT2D eigenvalue weighted by atomic mass is 10.3. The number of halogens is 2. The second-order valence-corrected chi connectivity index (χ2v) is 7.82. The zero-order valence-corrected chi connectivity index (χ0v) is 12.7. The van der Waals surface area contributed by atoms with Crippen LogP contribution in [0.2, 0.25) is 0 Å². The molecule has 0 saturated heterocycles. The molecule has 0 radical (unpaired) electrons. The second kappa shape index (κ2) is 6.59. The highest BCUT2D eigenvalue weighted by molar-refractivity contribution is 7.89. The van der Waals surface area contributed by atoms with Gasteiger partial charge in [0.1, 0.15) is 11.6 Å². The summed E-state index contributed by atoms with van der Waals surface area (Å²) >= 11 is 0. The lowest BCUT2D eigenvalue weighted by Gasteiger charge is -2.11. The fourth-order valence-electron chi connectivity index (χ4n) is 1.47. The molecule has 9 heteroatoms. The van der Waals surface area contributed by atoms with E-state index in [0.29, 0.717) is 6.42 Å². The van der Waals surface area contributed by atoms with Gasteiger partial charge in [-0.2, -0.15) is 0 Å². The fourth-order valence-corrected chi connectivity index (χ4v) is 3.08. The molecule has 2 unspecified atom stereocenters. The highest BCUT2D eigenvalue weighted by atomic mass is 32.2. The van der Waals surface area contributed by atoms with E-state index in [2.05, 4.69) is 4.72 Å². The van der Waals surface area contributed by atoms with Crippen molar-refractivity contribution in [2.45, 2.75) is 23.5 Å². The number of benzene rings is 1. The zero-order valence-electron chi connectivity index (χ0n) is 11.0. The molecular weight excluding hydrogens is 310 g/mol. The van der Waals surface area contributed by atoms with Gasteiger partial charge in [0.25, 0.3) is 0 Å². The quantitative estimate of drug-likeness (QED) is 0.763. The van der Waals surface area contributed by atoms with Gasteiger partial charge in [0.05, 0.1) is 0 Å². The predicted octanol–water partition coefficient (Wildman–Crippen LogP) is 0.982. The van der Waals surface area contributed by atoms with E-state index in [4.69, 9.17) is 5.73 Å². The smallest absolute Gasteiger partial charge is 0.246 e. The van der Waals surface area contributed by atoms with Crippen LogP contribution in [-0.2, 0) is 20.8 Å². The van der Waals surface area contributed by atoms with Crippen LogP contribution in [0.5, 0.6) is 0 Å². The Kier molecular flexibility index (Phi) is 5.60. The van der Waals surface area contributed by atoms with E-state index in [1.165, 1.54) is 6.26 Å². The van der Waals surface area contributed by atoms with E-state index in [-0.39, 0.29) is 17.5 Å². The Morgan fingerprint density at radius 1 is 1.35 bits per heavy atom. The number of nitrogen functional groups attached to an aromatic ring is 1. The maximum absolute atomic E-state index is 13.5. The first-order valence-electron chi connectivity index (χ1n) is 5.71. The summed E-state index contributed by atoms with van der Waals surface area (Å²) in [5.74, 6) is -2.50. The second-order valence-electron chi connectivity index (χ2n) is 4.31. The van der Waals surface area contributed by atoms with Crippen molar-refractivity contribution in [1.82, 2.24) is 4.72 Å². The highest BCUT2D eigenvalue weighted by Crippen LogP contribution is 2.21. The van der Waals surface area contributed by atoms with Crippen LogP contribution in [-0.4, -0.2) is 30.7 Å². The third-order valence-electron chi connectivity index (χ3n) is 2.70. The van der Waals surface area contributed by atoms with Crippen molar-refractivity contribution >= 4 is 26.5 Å². The minimum Gasteiger partial charge on any atom is -0.399 e. The Balaban J connectivity index is 2.88. The summed E-state index contributed by atoms with van der Waals surface area (Å²) in [5.41, 5.74) is 5.02. The molecule has 0 heterocycles. The van der Waals surface area contributed by atoms with E-state index in [0.717, 1.165) is 12.1 Å². The summed E-state index contributed by atoms with van der Waals surface area (Å²) in [5, 5.41) is -0.223. The monoisotopic (exact) mass is 326 g/mol. The van der Waals surface area contributed by atoms with Crippen LogP contribution in [0.25, 0.3) is 0 Å². The molecule has 0 bridgehead atoms. The average molecular weight is 326 g/mol. The molecule has 0 fully saturated rings. The Hall–Kier alpha value is -1.06. The van der Waals surface area contributed by atoms with E-state index in [9.17, 15) is 21.4 Å². The molecule has 3 N–H and O–H groups in total. The van der Waals surface area contributed by atoms with Gasteiger partial charge < -0.3 is 5.73 Å². The Bertz CT molecular complexity index is 597. The minimum atomic E-state index is -4.31. The molecule has 20 heavy (non-hydrogen) atoms. The summed E-state index contributed by atoms with van der Waals surface area (Å²) in [6.45, 7) is 1.63. The van der Waals surface area contributed by atoms with Crippen LogP contribution in [0.15, 0.2) is 17.0 Å². The number of anilines is 1. The first-order chi connectivity index (χ1) is 9.15. The van der Waals surface area contributed by atoms with Crippen LogP contribution >= 0.6 is 0 Å². The van der Waals surface area contributed by atoms with Crippen molar-refractivity contribution < 1.29 is 21.4 Å². The molecule has 0 aliphatic carbocycles. The number of nitrogens with one attached hydrogen (secondary N) is 1. The lowest BCUT2D eigenvalue weighted by molar-refractivity contribution is 0.514. The first-order valence-corrected chi connectivity index (χ1v) is 8.82. The van der Waals surface area contributed by atoms with Crippen LogP contribution in [0.3, 0.4) is 0 Å². The topological polar surface area (TPSA) is 89.3 Å². The van der Waals surface area contributed by atoms with Gasteiger partial charge in [-0.1, -0.05) is 6.92 Å². The van der Waals surface area contributed by atoms with Gasteiger partial charge in [0.2, 0.25) is 10.0 Å². The van der Waals surface area contributed by atoms with Gasteiger partial charge in [0.15, 0.2) is 4.90 Å². The average Bonchev–Trinajstić information content (AvgIpc) is 2.26. The van der Waals surface area contributed by atoms with E-state index < -0.39 is 37.4 Å². The van der Waals surface area contributed by atoms with Crippen LogP contribution in [0.1, 0.15) is 13.3 Å². The van der Waals surface area contributed by atoms with Crippen molar-refractivity contribution in [2.24, 2.45) is 0 Å². The highest BCUT2D eigenvalue weighted by Gasteiger charge is 2.24. The molecule has 114 valence electrons. The molecule has 0 aliphatic rings. The summed E-state index contributed by atoms with van der Waals surface area (Å²) in [6, 6.07) is 1.47. The molecule has 0 saturated carbocycles. The standard InChI is InChI=1S/C11H16F2N2O3S2/c1-7(19(2)16)3-4-15-20(17,18)11-9(12)5-8(14)6-10(11)13/h5-7,15H,3-4,14H2,1-2H3. The maximum atomic E-state index is 13.5. The number of sulfonamides is 1. The third-order valence-corrected chi connectivity index (χ3v) is 5.58. The van der Waals surface area contributed by atoms with Crippen LogP contribution in [0, 0.1) is 11.6 Å². The molecule has 0 amide bonds. The van der Waals surface area contributed by atoms with Crippen LogP contribution in [0.4, 0.5) is 14.5 Å². The van der Waals surface area contributed by atoms with Crippen molar-refractivity contribution in [3.05, 3.63) is 23.8 Å². The summed E-state index contributed by atoms with van der Waals surface area (Å²) < 4.78 is 63.9. The number of hydrogen-bond donors (Lipinski definition) is 2. The van der Waals surface area contributed by atoms with Gasteiger partial charge in [-0.05, 0) is 18.6 Å². The molecule has 0 aliphatic heterocycles. The minimum absolute atomic E-state index is 0.0632. The van der Waals surface area contributed by atoms with Crippen molar-refractivity contribution in [3.63, 3.8) is 0 Å². The Morgan fingerprint density at radius 2 is 1.85 bits per heavy atom. The van der Waals surface area contributed by atoms with Crippen molar-refractivity contribution in [2.75, 3.05) is 18.5 Å². The molecule has 5 nitrogen and oxygen atoms in total. The van der Waals surface area contributed by atoms with E-state index in [1.54, 1.807) is 6.92 Å². The van der Waals surface area contributed by atoms with Crippen molar-refractivity contribution in [1.29, 1.82) is 0 Å². The molecule has 0 aromatic heterocycles. The van der Waals surface area contributed by atoms with Crippen molar-refractivity contribution in [3.8, 4) is 0 Å². The normalized spacial score (nSPS) is 15.0. The maximum Gasteiger partial charge on any atom is 0.246 e. The zero-order chi connectivity index (χ0) is 15.5. The fraction of sp³-hybridized carbons (Fsp3) is 0.455. The lowest BCUT2D eigenvalue weighted by Crippen LogP contribution is -2.29. The summed E-state index contributed by atoms with van der Waals surface area (Å²) in [4.78, 5) is -1.06. The molecule has 1 rings (SSSR count). The van der Waals surface area contributed by atoms with Crippen LogP contribution < -0.4 is 10.5 Å². The van der Waals surface area contributed by atoms with E-state index >= 15 is 0 Å². The molecule has 1 aromatic carbocycles. The Labute approximate surface area is 119 Å². The SMILES string of the molecule is CC(CCNS(=O)(=O)c1c(F)cc(N)cc1F)S(C)=O. The van der Waals surface area contributed by atoms with Gasteiger partial charge >= 0.3 is 0 Å². The summed E-state index contributed by atoms with van der Waals surface area (Å²) in [7, 11) is -5.41. The molecule has 0 spiro atoms. The van der Waals surface area contributed by atoms with Gasteiger partial charge in [-0.3, -0.25) is 4.21 Å². The molecule has 2 atom stereocenters. The van der Waals surface area contributed by atoms with Gasteiger partial charge in [-0.15, -0.1) is 0 Å². The largest absolute Gasteiger partial charge is 0.399 e. The van der Waals surface area contributed by atoms with E-state index in [1.807, 2.05) is 0 Å².